The highest BCUT2D eigenvalue weighted by Gasteiger charge is 2.32. The Morgan fingerprint density at radius 3 is 2.59 bits per heavy atom. The molecule has 37 heavy (non-hydrogen) atoms. The number of hydrogen-bond donors (Lipinski definition) is 2. The third-order valence-corrected chi connectivity index (χ3v) is 7.34. The number of carbonyl (C=O) groups excluding carboxylic acids is 2. The minimum absolute atomic E-state index is 0.0439. The first-order valence-corrected chi connectivity index (χ1v) is 12.6. The lowest BCUT2D eigenvalue weighted by Crippen LogP contribution is -2.28. The maximum Gasteiger partial charge on any atom is 0.249 e. The number of fused-ring (bicyclic) bond motifs is 3. The fourth-order valence-corrected chi connectivity index (χ4v) is 5.51. The molecule has 2 atom stereocenters. The topological polar surface area (TPSA) is 70.6 Å². The van der Waals surface area contributed by atoms with E-state index >= 15 is 4.39 Å². The molecular weight excluding hydrogens is 489 g/mol. The van der Waals surface area contributed by atoms with E-state index in [9.17, 15) is 9.59 Å². The Hall–Kier alpha value is -4.03. The highest BCUT2D eigenvalue weighted by atomic mass is 35.5. The summed E-state index contributed by atoms with van der Waals surface area (Å²) in [7, 11) is 0. The minimum atomic E-state index is -0.808. The second kappa shape index (κ2) is 9.12. The summed E-state index contributed by atoms with van der Waals surface area (Å²) in [5, 5.41) is 8.01. The standard InChI is InChI=1S/C30H23ClFN3O2/c1-2-20-22-11-10-18(13-25(22)34-29(20)36)27-23-14-19(31)15-24(32)28(23)35-30(37)26(33-27)12-17-8-5-7-16-6-3-4-9-21(16)17/h3-11,13-15,20,26H,2,12H2,1H3,(H,34,36)(H,35,37). The van der Waals surface area contributed by atoms with Crippen molar-refractivity contribution in [3.63, 3.8) is 0 Å². The molecule has 4 aromatic carbocycles. The van der Waals surface area contributed by atoms with Gasteiger partial charge in [-0.1, -0.05) is 73.1 Å². The van der Waals surface area contributed by atoms with Crippen LogP contribution in [0, 0.1) is 5.82 Å². The molecule has 2 aliphatic heterocycles. The van der Waals surface area contributed by atoms with Gasteiger partial charge < -0.3 is 10.6 Å². The minimum Gasteiger partial charge on any atom is -0.325 e. The van der Waals surface area contributed by atoms with Crippen molar-refractivity contribution in [2.45, 2.75) is 31.7 Å². The average molecular weight is 512 g/mol. The summed E-state index contributed by atoms with van der Waals surface area (Å²) in [6.07, 6.45) is 1.02. The summed E-state index contributed by atoms with van der Waals surface area (Å²) in [6.45, 7) is 1.97. The first kappa shape index (κ1) is 23.4. The predicted molar refractivity (Wildman–Crippen MR) is 145 cm³/mol. The van der Waals surface area contributed by atoms with Crippen LogP contribution >= 0.6 is 11.6 Å². The number of carbonyl (C=O) groups is 2. The van der Waals surface area contributed by atoms with E-state index in [2.05, 4.69) is 10.6 Å². The van der Waals surface area contributed by atoms with Crippen molar-refractivity contribution < 1.29 is 14.0 Å². The molecular formula is C30H23ClFN3O2. The number of benzene rings is 4. The van der Waals surface area contributed by atoms with Crippen molar-refractivity contribution in [1.82, 2.24) is 0 Å². The second-order valence-electron chi connectivity index (χ2n) is 9.39. The van der Waals surface area contributed by atoms with Crippen molar-refractivity contribution in [3.8, 4) is 0 Å². The molecule has 2 aliphatic rings. The van der Waals surface area contributed by atoms with Gasteiger partial charge >= 0.3 is 0 Å². The molecule has 2 N–H and O–H groups in total. The first-order chi connectivity index (χ1) is 17.9. The van der Waals surface area contributed by atoms with Crippen LogP contribution < -0.4 is 10.6 Å². The van der Waals surface area contributed by atoms with Crippen LogP contribution in [0.2, 0.25) is 5.02 Å². The van der Waals surface area contributed by atoms with Gasteiger partial charge in [0.25, 0.3) is 0 Å². The van der Waals surface area contributed by atoms with E-state index in [0.717, 1.165) is 21.9 Å². The fraction of sp³-hybridized carbons (Fsp3) is 0.167. The molecule has 0 fully saturated rings. The second-order valence-corrected chi connectivity index (χ2v) is 9.82. The zero-order valence-corrected chi connectivity index (χ0v) is 20.8. The van der Waals surface area contributed by atoms with E-state index in [4.69, 9.17) is 16.6 Å². The fourth-order valence-electron chi connectivity index (χ4n) is 5.31. The lowest BCUT2D eigenvalue weighted by atomic mass is 9.94. The smallest absolute Gasteiger partial charge is 0.249 e. The van der Waals surface area contributed by atoms with Crippen LogP contribution in [-0.4, -0.2) is 23.6 Å². The molecule has 4 aromatic rings. The lowest BCUT2D eigenvalue weighted by Gasteiger charge is -2.14. The van der Waals surface area contributed by atoms with Crippen molar-refractivity contribution in [2.24, 2.45) is 4.99 Å². The van der Waals surface area contributed by atoms with Crippen LogP contribution in [0.15, 0.2) is 77.8 Å². The van der Waals surface area contributed by atoms with Crippen molar-refractivity contribution >= 4 is 51.3 Å². The molecule has 7 heteroatoms. The number of nitrogens with zero attached hydrogens (tertiary/aromatic N) is 1. The van der Waals surface area contributed by atoms with Gasteiger partial charge in [-0.3, -0.25) is 14.6 Å². The Bertz CT molecular complexity index is 1630. The normalized spacial score (nSPS) is 18.5. The first-order valence-electron chi connectivity index (χ1n) is 12.2. The molecule has 6 rings (SSSR count). The largest absolute Gasteiger partial charge is 0.325 e. The number of benzodiazepines with no additional fused rings is 1. The zero-order valence-electron chi connectivity index (χ0n) is 20.0. The van der Waals surface area contributed by atoms with Crippen LogP contribution in [0.4, 0.5) is 15.8 Å². The van der Waals surface area contributed by atoms with E-state index in [-0.39, 0.29) is 22.5 Å². The van der Waals surface area contributed by atoms with E-state index in [1.807, 2.05) is 67.6 Å². The molecule has 0 saturated heterocycles. The van der Waals surface area contributed by atoms with Crippen molar-refractivity contribution in [2.75, 3.05) is 10.6 Å². The summed E-state index contributed by atoms with van der Waals surface area (Å²) in [5.74, 6) is -1.28. The lowest BCUT2D eigenvalue weighted by molar-refractivity contribution is -0.118. The number of hydrogen-bond acceptors (Lipinski definition) is 3. The molecule has 0 aromatic heterocycles. The SMILES string of the molecule is CCC1C(=O)Nc2cc(C3=NC(Cc4cccc5ccccc45)C(=O)Nc4c(F)cc(Cl)cc43)ccc21. The van der Waals surface area contributed by atoms with Crippen LogP contribution in [0.5, 0.6) is 0 Å². The van der Waals surface area contributed by atoms with Gasteiger partial charge in [-0.2, -0.15) is 0 Å². The van der Waals surface area contributed by atoms with E-state index in [1.54, 1.807) is 6.07 Å². The monoisotopic (exact) mass is 511 g/mol. The Balaban J connectivity index is 1.50. The Labute approximate surface area is 218 Å². The van der Waals surface area contributed by atoms with E-state index in [0.29, 0.717) is 35.4 Å². The van der Waals surface area contributed by atoms with Gasteiger partial charge in [0.15, 0.2) is 0 Å². The third kappa shape index (κ3) is 4.07. The van der Waals surface area contributed by atoms with Gasteiger partial charge in [-0.15, -0.1) is 0 Å². The predicted octanol–water partition coefficient (Wildman–Crippen LogP) is 6.48. The van der Waals surface area contributed by atoms with Crippen molar-refractivity contribution in [3.05, 3.63) is 106 Å². The number of rotatable bonds is 4. The van der Waals surface area contributed by atoms with Gasteiger partial charge in [0, 0.05) is 28.3 Å². The molecule has 0 saturated carbocycles. The van der Waals surface area contributed by atoms with Crippen LogP contribution in [0.3, 0.4) is 0 Å². The number of halogens is 2. The van der Waals surface area contributed by atoms with Crippen LogP contribution in [0.25, 0.3) is 10.8 Å². The molecule has 0 aliphatic carbocycles. The quantitative estimate of drug-likeness (QED) is 0.329. The van der Waals surface area contributed by atoms with E-state index in [1.165, 1.54) is 6.07 Å². The average Bonchev–Trinajstić information content (AvgIpc) is 3.14. The Kier molecular flexibility index (Phi) is 5.76. The summed E-state index contributed by atoms with van der Waals surface area (Å²) < 4.78 is 15.1. The molecule has 2 amide bonds. The summed E-state index contributed by atoms with van der Waals surface area (Å²) in [6, 6.07) is 21.5. The summed E-state index contributed by atoms with van der Waals surface area (Å²) in [4.78, 5) is 30.7. The maximum absolute atomic E-state index is 15.1. The number of amides is 2. The molecule has 184 valence electrons. The highest BCUT2D eigenvalue weighted by Crippen LogP contribution is 2.37. The molecule has 2 unspecified atom stereocenters. The number of anilines is 2. The van der Waals surface area contributed by atoms with Crippen molar-refractivity contribution in [1.29, 1.82) is 0 Å². The third-order valence-electron chi connectivity index (χ3n) is 7.12. The molecule has 0 spiro atoms. The van der Waals surface area contributed by atoms with Gasteiger partial charge in [0.05, 0.1) is 17.3 Å². The molecule has 0 radical (unpaired) electrons. The van der Waals surface area contributed by atoms with Gasteiger partial charge in [-0.05, 0) is 46.5 Å². The summed E-state index contributed by atoms with van der Waals surface area (Å²) >= 11 is 6.24. The highest BCUT2D eigenvalue weighted by molar-refractivity contribution is 6.32. The van der Waals surface area contributed by atoms with Crippen LogP contribution in [0.1, 0.15) is 41.5 Å². The van der Waals surface area contributed by atoms with Gasteiger partial charge in [0.1, 0.15) is 11.9 Å². The van der Waals surface area contributed by atoms with Crippen LogP contribution in [-0.2, 0) is 16.0 Å². The number of aliphatic imine (C=N–C) groups is 1. The maximum atomic E-state index is 15.1. The molecule has 2 heterocycles. The number of nitrogens with one attached hydrogen (secondary N) is 2. The van der Waals surface area contributed by atoms with E-state index < -0.39 is 17.8 Å². The Morgan fingerprint density at radius 2 is 1.76 bits per heavy atom. The van der Waals surface area contributed by atoms with Gasteiger partial charge in [-0.25, -0.2) is 4.39 Å². The van der Waals surface area contributed by atoms with Gasteiger partial charge in [0.2, 0.25) is 11.8 Å². The summed E-state index contributed by atoms with van der Waals surface area (Å²) in [5.41, 5.74) is 4.15. The molecule has 0 bridgehead atoms. The zero-order chi connectivity index (χ0) is 25.7. The Morgan fingerprint density at radius 1 is 0.946 bits per heavy atom. The molecule has 5 nitrogen and oxygen atoms in total.